The van der Waals surface area contributed by atoms with Crippen molar-refractivity contribution < 1.29 is 14.5 Å². The number of carboxylic acids is 1. The first-order valence-corrected chi connectivity index (χ1v) is 6.41. The summed E-state index contributed by atoms with van der Waals surface area (Å²) in [6, 6.07) is 0.0670. The highest BCUT2D eigenvalue weighted by Gasteiger charge is 2.50. The molecule has 2 fully saturated rings. The van der Waals surface area contributed by atoms with E-state index in [2.05, 4.69) is 20.3 Å². The van der Waals surface area contributed by atoms with Crippen LogP contribution >= 0.6 is 0 Å². The van der Waals surface area contributed by atoms with Gasteiger partial charge in [0, 0.05) is 12.6 Å². The van der Waals surface area contributed by atoms with Crippen LogP contribution in [-0.2, 0) is 11.3 Å². The van der Waals surface area contributed by atoms with Gasteiger partial charge in [-0.1, -0.05) is 10.3 Å². The van der Waals surface area contributed by atoms with Crippen molar-refractivity contribution in [3.63, 3.8) is 0 Å². The van der Waals surface area contributed by atoms with E-state index in [1.165, 1.54) is 0 Å². The molecule has 3 rings (SSSR count). The number of aryl methyl sites for hydroxylation is 1. The van der Waals surface area contributed by atoms with Crippen molar-refractivity contribution in [2.24, 2.45) is 17.8 Å². The number of aromatic nitrogens is 2. The molecule has 1 aromatic rings. The fraction of sp³-hybridized carbons (Fsp3) is 0.750. The van der Waals surface area contributed by atoms with Crippen LogP contribution in [0.1, 0.15) is 30.7 Å². The first-order chi connectivity index (χ1) is 8.66. The minimum absolute atomic E-state index is 0.0670. The average molecular weight is 251 g/mol. The van der Waals surface area contributed by atoms with E-state index < -0.39 is 5.97 Å². The third kappa shape index (κ3) is 1.80. The van der Waals surface area contributed by atoms with E-state index in [1.807, 2.05) is 6.92 Å². The largest absolute Gasteiger partial charge is 0.481 e. The summed E-state index contributed by atoms with van der Waals surface area (Å²) in [6.45, 7) is 2.37. The number of fused-ring (bicyclic) bond motifs is 2. The molecule has 2 bridgehead atoms. The van der Waals surface area contributed by atoms with Crippen LogP contribution < -0.4 is 5.32 Å². The van der Waals surface area contributed by atoms with E-state index >= 15 is 0 Å². The van der Waals surface area contributed by atoms with Crippen molar-refractivity contribution in [2.45, 2.75) is 38.8 Å². The maximum Gasteiger partial charge on any atom is 0.308 e. The molecular formula is C12H17N3O3. The highest BCUT2D eigenvalue weighted by Crippen LogP contribution is 2.48. The van der Waals surface area contributed by atoms with Crippen molar-refractivity contribution in [3.8, 4) is 0 Å². The molecule has 1 aromatic heterocycles. The van der Waals surface area contributed by atoms with Crippen molar-refractivity contribution in [1.82, 2.24) is 15.6 Å². The Labute approximate surface area is 105 Å². The van der Waals surface area contributed by atoms with Crippen molar-refractivity contribution in [3.05, 3.63) is 11.4 Å². The summed E-state index contributed by atoms with van der Waals surface area (Å²) in [7, 11) is 0. The maximum absolute atomic E-state index is 11.3. The first kappa shape index (κ1) is 11.6. The summed E-state index contributed by atoms with van der Waals surface area (Å²) in [5.41, 5.74) is 1.53. The van der Waals surface area contributed by atoms with Crippen LogP contribution in [0.5, 0.6) is 0 Å². The molecule has 0 aliphatic heterocycles. The van der Waals surface area contributed by atoms with Gasteiger partial charge in [0.1, 0.15) is 11.4 Å². The summed E-state index contributed by atoms with van der Waals surface area (Å²) in [4.78, 5) is 11.3. The standard InChI is InChI=1S/C12H17N3O3/c1-6-9(15-18-14-6)5-13-11-8-3-2-7(4-8)10(11)12(16)17/h7-8,10-11,13H,2-5H2,1H3,(H,16,17). The lowest BCUT2D eigenvalue weighted by atomic mass is 9.84. The lowest BCUT2D eigenvalue weighted by Crippen LogP contribution is -2.43. The molecule has 2 aliphatic carbocycles. The molecule has 4 atom stereocenters. The van der Waals surface area contributed by atoms with Gasteiger partial charge in [-0.25, -0.2) is 4.63 Å². The van der Waals surface area contributed by atoms with Gasteiger partial charge >= 0.3 is 5.97 Å². The topological polar surface area (TPSA) is 88.3 Å². The van der Waals surface area contributed by atoms with Gasteiger partial charge in [-0.3, -0.25) is 4.79 Å². The maximum atomic E-state index is 11.3. The lowest BCUT2D eigenvalue weighted by molar-refractivity contribution is -0.144. The molecule has 0 radical (unpaired) electrons. The number of nitrogens with one attached hydrogen (secondary N) is 1. The molecule has 6 nitrogen and oxygen atoms in total. The molecule has 0 amide bonds. The minimum Gasteiger partial charge on any atom is -0.481 e. The van der Waals surface area contributed by atoms with Crippen LogP contribution in [0.15, 0.2) is 4.63 Å². The zero-order chi connectivity index (χ0) is 12.7. The Balaban J connectivity index is 1.68. The molecule has 0 saturated heterocycles. The van der Waals surface area contributed by atoms with Crippen molar-refractivity contribution >= 4 is 5.97 Å². The summed E-state index contributed by atoms with van der Waals surface area (Å²) in [5, 5.41) is 20.2. The van der Waals surface area contributed by atoms with E-state index in [4.69, 9.17) is 0 Å². The second kappa shape index (κ2) is 4.35. The zero-order valence-corrected chi connectivity index (χ0v) is 10.3. The molecule has 2 aliphatic rings. The second-order valence-corrected chi connectivity index (χ2v) is 5.40. The third-order valence-corrected chi connectivity index (χ3v) is 4.45. The SMILES string of the molecule is Cc1nonc1CNC1C2CCC(C2)C1C(=O)O. The average Bonchev–Trinajstić information content (AvgIpc) is 3.00. The van der Waals surface area contributed by atoms with E-state index in [-0.39, 0.29) is 12.0 Å². The Hall–Kier alpha value is -1.43. The first-order valence-electron chi connectivity index (χ1n) is 6.41. The van der Waals surface area contributed by atoms with Gasteiger partial charge in [0.25, 0.3) is 0 Å². The number of hydrogen-bond donors (Lipinski definition) is 2. The summed E-state index contributed by atoms with van der Waals surface area (Å²) < 4.78 is 4.64. The summed E-state index contributed by atoms with van der Waals surface area (Å²) >= 11 is 0. The van der Waals surface area contributed by atoms with E-state index in [0.717, 1.165) is 30.7 Å². The molecule has 98 valence electrons. The molecule has 0 aromatic carbocycles. The molecule has 2 saturated carbocycles. The molecular weight excluding hydrogens is 234 g/mol. The van der Waals surface area contributed by atoms with Gasteiger partial charge in [0.15, 0.2) is 0 Å². The monoisotopic (exact) mass is 251 g/mol. The van der Waals surface area contributed by atoms with Crippen LogP contribution in [0.2, 0.25) is 0 Å². The molecule has 4 unspecified atom stereocenters. The highest BCUT2D eigenvalue weighted by molar-refractivity contribution is 5.72. The Morgan fingerprint density at radius 1 is 1.44 bits per heavy atom. The Bertz CT molecular complexity index is 459. The number of hydrogen-bond acceptors (Lipinski definition) is 5. The second-order valence-electron chi connectivity index (χ2n) is 5.40. The Morgan fingerprint density at radius 3 is 2.89 bits per heavy atom. The van der Waals surface area contributed by atoms with Crippen molar-refractivity contribution in [1.29, 1.82) is 0 Å². The number of rotatable bonds is 4. The minimum atomic E-state index is -0.672. The fourth-order valence-electron chi connectivity index (χ4n) is 3.56. The van der Waals surface area contributed by atoms with Gasteiger partial charge in [0.05, 0.1) is 5.92 Å². The van der Waals surface area contributed by atoms with Gasteiger partial charge in [-0.05, 0) is 38.0 Å². The zero-order valence-electron chi connectivity index (χ0n) is 10.3. The predicted octanol–water partition coefficient (Wildman–Crippen LogP) is 0.967. The third-order valence-electron chi connectivity index (χ3n) is 4.45. The number of carbonyl (C=O) groups is 1. The van der Waals surface area contributed by atoms with E-state index in [9.17, 15) is 9.90 Å². The highest BCUT2D eigenvalue weighted by atomic mass is 16.6. The van der Waals surface area contributed by atoms with Crippen LogP contribution in [0.4, 0.5) is 0 Å². The van der Waals surface area contributed by atoms with Crippen molar-refractivity contribution in [2.75, 3.05) is 0 Å². The molecule has 1 heterocycles. The van der Waals surface area contributed by atoms with Gasteiger partial charge in [-0.2, -0.15) is 0 Å². The van der Waals surface area contributed by atoms with Crippen LogP contribution in [0.25, 0.3) is 0 Å². The summed E-state index contributed by atoms with van der Waals surface area (Å²) in [5.74, 6) is -0.0728. The Morgan fingerprint density at radius 2 is 2.22 bits per heavy atom. The molecule has 18 heavy (non-hydrogen) atoms. The number of carboxylic acid groups (broad SMARTS) is 1. The molecule has 6 heteroatoms. The van der Waals surface area contributed by atoms with Crippen LogP contribution in [0.3, 0.4) is 0 Å². The summed E-state index contributed by atoms with van der Waals surface area (Å²) in [6.07, 6.45) is 3.25. The lowest BCUT2D eigenvalue weighted by Gasteiger charge is -2.28. The molecule has 0 spiro atoms. The van der Waals surface area contributed by atoms with E-state index in [1.54, 1.807) is 0 Å². The number of nitrogens with zero attached hydrogens (tertiary/aromatic N) is 2. The normalized spacial score (nSPS) is 34.1. The number of aliphatic carboxylic acids is 1. The van der Waals surface area contributed by atoms with Gasteiger partial charge in [0.2, 0.25) is 0 Å². The molecule has 2 N–H and O–H groups in total. The van der Waals surface area contributed by atoms with Gasteiger partial charge in [-0.15, -0.1) is 0 Å². The predicted molar refractivity (Wildman–Crippen MR) is 61.6 cm³/mol. The quantitative estimate of drug-likeness (QED) is 0.828. The van der Waals surface area contributed by atoms with Gasteiger partial charge < -0.3 is 10.4 Å². The Kier molecular flexibility index (Phi) is 2.81. The van der Waals surface area contributed by atoms with Crippen LogP contribution in [-0.4, -0.2) is 27.4 Å². The smallest absolute Gasteiger partial charge is 0.308 e. The fourth-order valence-corrected chi connectivity index (χ4v) is 3.56. The van der Waals surface area contributed by atoms with E-state index in [0.29, 0.717) is 18.4 Å². The van der Waals surface area contributed by atoms with Crippen LogP contribution in [0, 0.1) is 24.7 Å².